The Kier molecular flexibility index (Phi) is 10.1. The van der Waals surface area contributed by atoms with Crippen LogP contribution >= 0.6 is 7.26 Å². The number of hydrogen-bond acceptors (Lipinski definition) is 4. The molecule has 0 heterocycles. The van der Waals surface area contributed by atoms with Crippen molar-refractivity contribution in [3.63, 3.8) is 0 Å². The summed E-state index contributed by atoms with van der Waals surface area (Å²) in [6, 6.07) is 4.43. The van der Waals surface area contributed by atoms with Crippen LogP contribution in [0.5, 0.6) is 0 Å². The van der Waals surface area contributed by atoms with Crippen molar-refractivity contribution in [3.05, 3.63) is 0 Å². The SMILES string of the molecule is COCC[P+](CCC#N)(CCC#N)CCOC. The number of ether oxygens (including phenoxy) is 2. The molecule has 0 radical (unpaired) electrons. The maximum Gasteiger partial charge on any atom is 0.0829 e. The zero-order valence-electron chi connectivity index (χ0n) is 10.8. The molecule has 0 amide bonds. The predicted molar refractivity (Wildman–Crippen MR) is 70.6 cm³/mol. The van der Waals surface area contributed by atoms with E-state index < -0.39 is 7.26 Å². The standard InChI is InChI=1S/C12H22N2O2P/c1-15-7-11-17(9-3-5-13,10-4-6-14)12-8-16-2/h3-4,7-12H2,1-2H3/q+1. The molecule has 4 nitrogen and oxygen atoms in total. The first-order chi connectivity index (χ1) is 8.24. The molecule has 0 aliphatic rings. The van der Waals surface area contributed by atoms with Gasteiger partial charge in [0.1, 0.15) is 0 Å². The molecule has 0 saturated carbocycles. The molecular formula is C12H22N2O2P+. The average Bonchev–Trinajstić information content (AvgIpc) is 2.37. The molecular weight excluding hydrogens is 235 g/mol. The van der Waals surface area contributed by atoms with E-state index >= 15 is 0 Å². The second-order valence-electron chi connectivity index (χ2n) is 4.04. The van der Waals surface area contributed by atoms with Crippen LogP contribution in [0.3, 0.4) is 0 Å². The summed E-state index contributed by atoms with van der Waals surface area (Å²) in [5, 5.41) is 17.5. The van der Waals surface area contributed by atoms with E-state index in [4.69, 9.17) is 20.0 Å². The first kappa shape index (κ1) is 16.3. The first-order valence-corrected chi connectivity index (χ1v) is 8.34. The minimum Gasteiger partial charge on any atom is -0.381 e. The molecule has 0 unspecified atom stereocenters. The van der Waals surface area contributed by atoms with Gasteiger partial charge in [-0.15, -0.1) is 0 Å². The summed E-state index contributed by atoms with van der Waals surface area (Å²) in [7, 11) is 2.13. The van der Waals surface area contributed by atoms with Crippen molar-refractivity contribution < 1.29 is 9.47 Å². The summed E-state index contributed by atoms with van der Waals surface area (Å²) in [6.07, 6.45) is 5.00. The lowest BCUT2D eigenvalue weighted by molar-refractivity contribution is 0.212. The average molecular weight is 257 g/mol. The van der Waals surface area contributed by atoms with Gasteiger partial charge in [0.25, 0.3) is 0 Å². The molecule has 0 aliphatic heterocycles. The quantitative estimate of drug-likeness (QED) is 0.562. The maximum absolute atomic E-state index is 8.75. The topological polar surface area (TPSA) is 66.0 Å². The van der Waals surface area contributed by atoms with Crippen LogP contribution in [0.2, 0.25) is 0 Å². The van der Waals surface area contributed by atoms with Gasteiger partial charge in [0.2, 0.25) is 0 Å². The molecule has 0 aromatic carbocycles. The highest BCUT2D eigenvalue weighted by Gasteiger charge is 2.35. The van der Waals surface area contributed by atoms with Gasteiger partial charge in [-0.05, 0) is 0 Å². The van der Waals surface area contributed by atoms with Crippen molar-refractivity contribution in [1.82, 2.24) is 0 Å². The van der Waals surface area contributed by atoms with Gasteiger partial charge in [-0.1, -0.05) is 0 Å². The molecule has 0 rings (SSSR count). The highest BCUT2D eigenvalue weighted by Crippen LogP contribution is 2.59. The minimum absolute atomic E-state index is 0.576. The highest BCUT2D eigenvalue weighted by molar-refractivity contribution is 7.75. The van der Waals surface area contributed by atoms with Crippen LogP contribution < -0.4 is 0 Å². The minimum atomic E-state index is -1.26. The Bertz CT molecular complexity index is 243. The second-order valence-corrected chi connectivity index (χ2v) is 8.51. The lowest BCUT2D eigenvalue weighted by atomic mass is 10.5. The summed E-state index contributed by atoms with van der Waals surface area (Å²) in [4.78, 5) is 0. The molecule has 5 heteroatoms. The van der Waals surface area contributed by atoms with Gasteiger partial charge in [-0.3, -0.25) is 0 Å². The number of methoxy groups -OCH3 is 2. The molecule has 0 saturated heterocycles. The van der Waals surface area contributed by atoms with Crippen LogP contribution in [-0.4, -0.2) is 52.1 Å². The molecule has 96 valence electrons. The summed E-state index contributed by atoms with van der Waals surface area (Å²) >= 11 is 0. The molecule has 0 bridgehead atoms. The Morgan fingerprint density at radius 1 is 0.824 bits per heavy atom. The fourth-order valence-corrected chi connectivity index (χ4v) is 5.45. The zero-order chi connectivity index (χ0) is 13.0. The van der Waals surface area contributed by atoms with Gasteiger partial charge in [-0.2, -0.15) is 10.5 Å². The fraction of sp³-hybridized carbons (Fsp3) is 0.833. The molecule has 0 aliphatic carbocycles. The van der Waals surface area contributed by atoms with E-state index in [2.05, 4.69) is 12.1 Å². The fourth-order valence-electron chi connectivity index (χ4n) is 1.82. The Balaban J connectivity index is 4.53. The Morgan fingerprint density at radius 3 is 1.53 bits per heavy atom. The van der Waals surface area contributed by atoms with E-state index in [0.29, 0.717) is 26.1 Å². The lowest BCUT2D eigenvalue weighted by Gasteiger charge is -2.25. The van der Waals surface area contributed by atoms with E-state index in [1.54, 1.807) is 14.2 Å². The van der Waals surface area contributed by atoms with E-state index in [1.165, 1.54) is 0 Å². The molecule has 0 spiro atoms. The highest BCUT2D eigenvalue weighted by atomic mass is 31.2. The van der Waals surface area contributed by atoms with E-state index in [9.17, 15) is 0 Å². The van der Waals surface area contributed by atoms with Crippen molar-refractivity contribution in [2.24, 2.45) is 0 Å². The largest absolute Gasteiger partial charge is 0.381 e. The lowest BCUT2D eigenvalue weighted by Crippen LogP contribution is -2.17. The molecule has 0 N–H and O–H groups in total. The van der Waals surface area contributed by atoms with Crippen LogP contribution in [0, 0.1) is 22.7 Å². The Morgan fingerprint density at radius 2 is 1.24 bits per heavy atom. The van der Waals surface area contributed by atoms with Gasteiger partial charge in [0, 0.05) is 21.5 Å². The van der Waals surface area contributed by atoms with Crippen LogP contribution in [0.25, 0.3) is 0 Å². The summed E-state index contributed by atoms with van der Waals surface area (Å²) in [5.74, 6) is 0. The van der Waals surface area contributed by atoms with Crippen molar-refractivity contribution in [2.75, 3.05) is 52.1 Å². The monoisotopic (exact) mass is 257 g/mol. The molecule has 0 aromatic rings. The van der Waals surface area contributed by atoms with E-state index in [1.807, 2.05) is 0 Å². The third-order valence-electron chi connectivity index (χ3n) is 2.94. The molecule has 0 fully saturated rings. The van der Waals surface area contributed by atoms with Crippen molar-refractivity contribution in [1.29, 1.82) is 10.5 Å². The van der Waals surface area contributed by atoms with Crippen molar-refractivity contribution in [3.8, 4) is 12.1 Å². The number of rotatable bonds is 10. The van der Waals surface area contributed by atoms with Crippen molar-refractivity contribution >= 4 is 7.26 Å². The Hall–Kier alpha value is -0.670. The van der Waals surface area contributed by atoms with E-state index in [0.717, 1.165) is 24.6 Å². The van der Waals surface area contributed by atoms with Crippen molar-refractivity contribution in [2.45, 2.75) is 12.8 Å². The molecule has 17 heavy (non-hydrogen) atoms. The third-order valence-corrected chi connectivity index (χ3v) is 7.54. The van der Waals surface area contributed by atoms with Gasteiger partial charge in [-0.25, -0.2) is 0 Å². The summed E-state index contributed by atoms with van der Waals surface area (Å²) < 4.78 is 10.3. The van der Waals surface area contributed by atoms with Gasteiger partial charge < -0.3 is 9.47 Å². The second kappa shape index (κ2) is 10.5. The Labute approximate surface area is 105 Å². The van der Waals surface area contributed by atoms with Gasteiger partial charge in [0.05, 0.1) is 62.8 Å². The number of nitriles is 2. The van der Waals surface area contributed by atoms with Crippen LogP contribution in [0.15, 0.2) is 0 Å². The van der Waals surface area contributed by atoms with E-state index in [-0.39, 0.29) is 0 Å². The zero-order valence-corrected chi connectivity index (χ0v) is 11.7. The van der Waals surface area contributed by atoms with Gasteiger partial charge >= 0.3 is 0 Å². The molecule has 0 atom stereocenters. The third kappa shape index (κ3) is 7.29. The van der Waals surface area contributed by atoms with Crippen LogP contribution in [-0.2, 0) is 9.47 Å². The normalized spacial score (nSPS) is 10.8. The molecule has 0 aromatic heterocycles. The number of nitrogens with zero attached hydrogens (tertiary/aromatic N) is 2. The predicted octanol–water partition coefficient (Wildman–Crippen LogP) is 2.12. The first-order valence-electron chi connectivity index (χ1n) is 5.81. The van der Waals surface area contributed by atoms with Crippen LogP contribution in [0.1, 0.15) is 12.8 Å². The summed E-state index contributed by atoms with van der Waals surface area (Å²) in [5.41, 5.74) is 0. The smallest absolute Gasteiger partial charge is 0.0829 e. The van der Waals surface area contributed by atoms with Crippen LogP contribution in [0.4, 0.5) is 0 Å². The number of hydrogen-bond donors (Lipinski definition) is 0. The van der Waals surface area contributed by atoms with Gasteiger partial charge in [0.15, 0.2) is 0 Å². The maximum atomic E-state index is 8.75. The summed E-state index contributed by atoms with van der Waals surface area (Å²) in [6.45, 7) is 1.43.